The van der Waals surface area contributed by atoms with Crippen molar-refractivity contribution in [2.45, 2.75) is 60.3 Å². The summed E-state index contributed by atoms with van der Waals surface area (Å²) in [5.74, 6) is 0.873. The second-order valence-electron chi connectivity index (χ2n) is 4.76. The van der Waals surface area contributed by atoms with Gasteiger partial charge in [0.1, 0.15) is 5.78 Å². The van der Waals surface area contributed by atoms with Gasteiger partial charge in [-0.05, 0) is 12.3 Å². The van der Waals surface area contributed by atoms with Crippen LogP contribution in [0.15, 0.2) is 0 Å². The van der Waals surface area contributed by atoms with Crippen molar-refractivity contribution in [3.8, 4) is 0 Å². The van der Waals surface area contributed by atoms with E-state index in [0.29, 0.717) is 11.7 Å². The summed E-state index contributed by atoms with van der Waals surface area (Å²) in [5.41, 5.74) is -0.131. The summed E-state index contributed by atoms with van der Waals surface area (Å²) >= 11 is 0. The maximum Gasteiger partial charge on any atom is 0.138 e. The van der Waals surface area contributed by atoms with Gasteiger partial charge in [-0.3, -0.25) is 4.79 Å². The number of carbonyl (C=O) groups is 1. The second-order valence-corrected chi connectivity index (χ2v) is 4.76. The van der Waals surface area contributed by atoms with Crippen molar-refractivity contribution in [1.29, 1.82) is 0 Å². The molecule has 0 radical (unpaired) electrons. The first-order valence-corrected chi connectivity index (χ1v) is 5.46. The Bertz CT molecular complexity index is 157. The van der Waals surface area contributed by atoms with Crippen molar-refractivity contribution in [2.75, 3.05) is 0 Å². The summed E-state index contributed by atoms with van der Waals surface area (Å²) in [6, 6.07) is 0. The predicted octanol–water partition coefficient (Wildman–Crippen LogP) is 3.82. The van der Waals surface area contributed by atoms with E-state index < -0.39 is 0 Å². The Kier molecular flexibility index (Phi) is 5.27. The van der Waals surface area contributed by atoms with E-state index in [9.17, 15) is 4.79 Å². The highest BCUT2D eigenvalue weighted by atomic mass is 16.1. The molecule has 1 heteroatoms. The highest BCUT2D eigenvalue weighted by molar-refractivity contribution is 5.84. The number of hydrogen-bond donors (Lipinski definition) is 0. The molecular formula is C12H24O. The van der Waals surface area contributed by atoms with E-state index in [4.69, 9.17) is 0 Å². The average Bonchev–Trinajstić information content (AvgIpc) is 2.04. The van der Waals surface area contributed by atoms with Gasteiger partial charge in [0.2, 0.25) is 0 Å². The van der Waals surface area contributed by atoms with Crippen molar-refractivity contribution >= 4 is 5.78 Å². The smallest absolute Gasteiger partial charge is 0.138 e. The van der Waals surface area contributed by atoms with Crippen molar-refractivity contribution in [3.63, 3.8) is 0 Å². The zero-order valence-corrected chi connectivity index (χ0v) is 9.81. The first-order valence-electron chi connectivity index (χ1n) is 5.46. The lowest BCUT2D eigenvalue weighted by Crippen LogP contribution is -2.29. The molecule has 0 aliphatic heterocycles. The van der Waals surface area contributed by atoms with Crippen LogP contribution in [0.25, 0.3) is 0 Å². The van der Waals surface area contributed by atoms with Crippen LogP contribution in [0, 0.1) is 11.3 Å². The van der Waals surface area contributed by atoms with Gasteiger partial charge in [0.05, 0.1) is 0 Å². The van der Waals surface area contributed by atoms with E-state index in [1.807, 2.05) is 0 Å². The third-order valence-electron chi connectivity index (χ3n) is 3.17. The quantitative estimate of drug-likeness (QED) is 0.573. The summed E-state index contributed by atoms with van der Waals surface area (Å²) in [6.07, 6.45) is 4.19. The van der Waals surface area contributed by atoms with Gasteiger partial charge in [-0.1, -0.05) is 47.5 Å². The Labute approximate surface area is 82.9 Å². The number of Topliss-reactive ketones (excluding diaryl/α,β-unsaturated/α-hetero) is 1. The third kappa shape index (κ3) is 3.93. The Balaban J connectivity index is 3.95. The summed E-state index contributed by atoms with van der Waals surface area (Å²) in [4.78, 5) is 11.8. The average molecular weight is 184 g/mol. The fourth-order valence-electron chi connectivity index (χ4n) is 1.18. The molecule has 0 aromatic rings. The van der Waals surface area contributed by atoms with Gasteiger partial charge in [0.15, 0.2) is 0 Å². The molecule has 0 saturated heterocycles. The lowest BCUT2D eigenvalue weighted by molar-refractivity contribution is -0.129. The largest absolute Gasteiger partial charge is 0.299 e. The Morgan fingerprint density at radius 1 is 1.23 bits per heavy atom. The Morgan fingerprint density at radius 3 is 2.15 bits per heavy atom. The van der Waals surface area contributed by atoms with Crippen LogP contribution in [-0.2, 0) is 4.79 Å². The molecule has 0 aromatic heterocycles. The predicted molar refractivity (Wildman–Crippen MR) is 57.8 cm³/mol. The molecule has 0 spiro atoms. The third-order valence-corrected chi connectivity index (χ3v) is 3.17. The van der Waals surface area contributed by atoms with Gasteiger partial charge in [0, 0.05) is 11.8 Å². The van der Waals surface area contributed by atoms with Crippen LogP contribution < -0.4 is 0 Å². The van der Waals surface area contributed by atoms with Crippen molar-refractivity contribution in [3.05, 3.63) is 0 Å². The number of rotatable bonds is 6. The van der Waals surface area contributed by atoms with Gasteiger partial charge in [-0.25, -0.2) is 0 Å². The van der Waals surface area contributed by atoms with Gasteiger partial charge < -0.3 is 0 Å². The van der Waals surface area contributed by atoms with Crippen molar-refractivity contribution in [1.82, 2.24) is 0 Å². The van der Waals surface area contributed by atoms with E-state index in [0.717, 1.165) is 12.8 Å². The SMILES string of the molecule is CCCCCC(=O)C(C)(C)C(C)C. The monoisotopic (exact) mass is 184 g/mol. The van der Waals surface area contributed by atoms with Gasteiger partial charge >= 0.3 is 0 Å². The van der Waals surface area contributed by atoms with Crippen LogP contribution in [-0.4, -0.2) is 5.78 Å². The molecule has 0 amide bonds. The minimum atomic E-state index is -0.131. The van der Waals surface area contributed by atoms with E-state index in [1.165, 1.54) is 12.8 Å². The van der Waals surface area contributed by atoms with Crippen LogP contribution in [0.1, 0.15) is 60.3 Å². The molecule has 0 aliphatic rings. The van der Waals surface area contributed by atoms with Crippen molar-refractivity contribution < 1.29 is 4.79 Å². The van der Waals surface area contributed by atoms with Gasteiger partial charge in [-0.2, -0.15) is 0 Å². The molecule has 0 aliphatic carbocycles. The molecular weight excluding hydrogens is 160 g/mol. The summed E-state index contributed by atoms with van der Waals surface area (Å²) in [5, 5.41) is 0. The summed E-state index contributed by atoms with van der Waals surface area (Å²) in [7, 11) is 0. The summed E-state index contributed by atoms with van der Waals surface area (Å²) in [6.45, 7) is 10.5. The molecule has 0 rings (SSSR count). The zero-order chi connectivity index (χ0) is 10.5. The Hall–Kier alpha value is -0.330. The lowest BCUT2D eigenvalue weighted by Gasteiger charge is -2.27. The van der Waals surface area contributed by atoms with Gasteiger partial charge in [-0.15, -0.1) is 0 Å². The molecule has 0 N–H and O–H groups in total. The van der Waals surface area contributed by atoms with E-state index in [-0.39, 0.29) is 5.41 Å². The maximum absolute atomic E-state index is 11.8. The molecule has 78 valence electrons. The molecule has 0 bridgehead atoms. The van der Waals surface area contributed by atoms with E-state index in [2.05, 4.69) is 34.6 Å². The molecule has 13 heavy (non-hydrogen) atoms. The molecule has 0 unspecified atom stereocenters. The standard InChI is InChI=1S/C12H24O/c1-6-7-8-9-11(13)12(4,5)10(2)3/h10H,6-9H2,1-5H3. The number of hydrogen-bond acceptors (Lipinski definition) is 1. The highest BCUT2D eigenvalue weighted by Crippen LogP contribution is 2.29. The van der Waals surface area contributed by atoms with Crippen LogP contribution in [0.2, 0.25) is 0 Å². The minimum absolute atomic E-state index is 0.131. The molecule has 1 nitrogen and oxygen atoms in total. The van der Waals surface area contributed by atoms with Crippen LogP contribution in [0.4, 0.5) is 0 Å². The minimum Gasteiger partial charge on any atom is -0.299 e. The lowest BCUT2D eigenvalue weighted by atomic mass is 9.76. The van der Waals surface area contributed by atoms with E-state index in [1.54, 1.807) is 0 Å². The first-order chi connectivity index (χ1) is 5.92. The number of unbranched alkanes of at least 4 members (excludes halogenated alkanes) is 2. The van der Waals surface area contributed by atoms with Gasteiger partial charge in [0.25, 0.3) is 0 Å². The molecule has 0 heterocycles. The van der Waals surface area contributed by atoms with Crippen molar-refractivity contribution in [2.24, 2.45) is 11.3 Å². The van der Waals surface area contributed by atoms with Crippen LogP contribution >= 0.6 is 0 Å². The van der Waals surface area contributed by atoms with E-state index >= 15 is 0 Å². The van der Waals surface area contributed by atoms with Crippen LogP contribution in [0.3, 0.4) is 0 Å². The first kappa shape index (κ1) is 12.7. The van der Waals surface area contributed by atoms with Crippen LogP contribution in [0.5, 0.6) is 0 Å². The number of ketones is 1. The second kappa shape index (κ2) is 5.41. The molecule has 0 fully saturated rings. The highest BCUT2D eigenvalue weighted by Gasteiger charge is 2.29. The molecule has 0 aromatic carbocycles. The maximum atomic E-state index is 11.8. The fraction of sp³-hybridized carbons (Fsp3) is 0.917. The number of carbonyl (C=O) groups excluding carboxylic acids is 1. The fourth-order valence-corrected chi connectivity index (χ4v) is 1.18. The molecule has 0 atom stereocenters. The normalized spacial score (nSPS) is 12.2. The molecule has 0 saturated carbocycles. The summed E-state index contributed by atoms with van der Waals surface area (Å²) < 4.78 is 0. The Morgan fingerprint density at radius 2 is 1.77 bits per heavy atom. The topological polar surface area (TPSA) is 17.1 Å². The zero-order valence-electron chi connectivity index (χ0n) is 9.81.